The Balaban J connectivity index is 2.42. The Morgan fingerprint density at radius 2 is 2.11 bits per heavy atom. The van der Waals surface area contributed by atoms with Gasteiger partial charge in [-0.1, -0.05) is 0 Å². The maximum atomic E-state index is 11.9. The summed E-state index contributed by atoms with van der Waals surface area (Å²) in [5.74, 6) is 2.48. The number of rotatable bonds is 2. The first-order valence-electron chi connectivity index (χ1n) is 5.96. The van der Waals surface area contributed by atoms with Crippen LogP contribution in [0, 0.1) is 42.2 Å². The number of benzene rings is 1. The molecule has 2 rings (SSSR count). The summed E-state index contributed by atoms with van der Waals surface area (Å²) in [5.41, 5.74) is 2.04. The molecule has 0 spiro atoms. The van der Waals surface area contributed by atoms with Crippen molar-refractivity contribution in [1.29, 1.82) is 0 Å². The lowest BCUT2D eigenvalue weighted by atomic mass is 10.1. The average Bonchev–Trinajstić information content (AvgIpc) is 2.72. The Morgan fingerprint density at radius 1 is 1.42 bits per heavy atom. The molecule has 1 amide bonds. The van der Waals surface area contributed by atoms with Gasteiger partial charge in [-0.25, -0.2) is 0 Å². The van der Waals surface area contributed by atoms with Crippen LogP contribution in [0.15, 0.2) is 12.1 Å². The second kappa shape index (κ2) is 4.73. The van der Waals surface area contributed by atoms with E-state index in [1.165, 1.54) is 6.07 Å². The van der Waals surface area contributed by atoms with Crippen molar-refractivity contribution in [3.8, 4) is 12.3 Å². The van der Waals surface area contributed by atoms with Crippen LogP contribution in [0.3, 0.4) is 0 Å². The SMILES string of the molecule is C#CC1CC(=O)N(c2cc(C)c([N+](=O)[O-])cc2C)C1. The highest BCUT2D eigenvalue weighted by Crippen LogP contribution is 2.32. The molecular weight excluding hydrogens is 244 g/mol. The molecule has 0 N–H and O–H groups in total. The van der Waals surface area contributed by atoms with Crippen molar-refractivity contribution in [2.45, 2.75) is 20.3 Å². The number of nitro benzene ring substituents is 1. The Hall–Kier alpha value is -2.35. The van der Waals surface area contributed by atoms with E-state index in [1.807, 2.05) is 0 Å². The van der Waals surface area contributed by atoms with E-state index in [-0.39, 0.29) is 17.5 Å². The molecule has 1 aromatic rings. The number of hydrogen-bond acceptors (Lipinski definition) is 3. The van der Waals surface area contributed by atoms with Crippen molar-refractivity contribution in [2.24, 2.45) is 5.92 Å². The van der Waals surface area contributed by atoms with Gasteiger partial charge in [0.25, 0.3) is 5.69 Å². The monoisotopic (exact) mass is 258 g/mol. The number of amides is 1. The van der Waals surface area contributed by atoms with Gasteiger partial charge in [-0.2, -0.15) is 0 Å². The fraction of sp³-hybridized carbons (Fsp3) is 0.357. The molecule has 1 saturated heterocycles. The summed E-state index contributed by atoms with van der Waals surface area (Å²) in [6.07, 6.45) is 5.69. The maximum Gasteiger partial charge on any atom is 0.272 e. The molecule has 5 heteroatoms. The molecule has 0 aliphatic carbocycles. The molecule has 0 bridgehead atoms. The second-order valence-corrected chi connectivity index (χ2v) is 4.75. The van der Waals surface area contributed by atoms with Gasteiger partial charge >= 0.3 is 0 Å². The Morgan fingerprint density at radius 3 is 2.63 bits per heavy atom. The Kier molecular flexibility index (Phi) is 3.26. The zero-order valence-electron chi connectivity index (χ0n) is 10.8. The number of aryl methyl sites for hydroxylation is 2. The van der Waals surface area contributed by atoms with Crippen molar-refractivity contribution in [3.05, 3.63) is 33.4 Å². The summed E-state index contributed by atoms with van der Waals surface area (Å²) in [7, 11) is 0. The molecular formula is C14H14N2O3. The van der Waals surface area contributed by atoms with Gasteiger partial charge in [0.15, 0.2) is 0 Å². The minimum atomic E-state index is -0.415. The van der Waals surface area contributed by atoms with E-state index in [1.54, 1.807) is 24.8 Å². The van der Waals surface area contributed by atoms with Gasteiger partial charge in [-0.05, 0) is 25.5 Å². The van der Waals surface area contributed by atoms with Crippen LogP contribution in [0.25, 0.3) is 0 Å². The van der Waals surface area contributed by atoms with Crippen molar-refractivity contribution in [1.82, 2.24) is 0 Å². The molecule has 0 saturated carbocycles. The van der Waals surface area contributed by atoms with E-state index in [9.17, 15) is 14.9 Å². The van der Waals surface area contributed by atoms with Gasteiger partial charge in [0.2, 0.25) is 5.91 Å². The van der Waals surface area contributed by atoms with Gasteiger partial charge < -0.3 is 4.90 Å². The minimum absolute atomic E-state index is 0.0284. The first-order valence-corrected chi connectivity index (χ1v) is 5.96. The van der Waals surface area contributed by atoms with E-state index < -0.39 is 4.92 Å². The third kappa shape index (κ3) is 2.29. The summed E-state index contributed by atoms with van der Waals surface area (Å²) < 4.78 is 0. The first kappa shape index (κ1) is 13.1. The lowest BCUT2D eigenvalue weighted by molar-refractivity contribution is -0.385. The molecule has 1 aliphatic rings. The molecule has 1 aromatic carbocycles. The third-order valence-electron chi connectivity index (χ3n) is 3.36. The molecule has 1 atom stereocenters. The standard InChI is InChI=1S/C14H14N2O3/c1-4-11-7-14(17)15(8-11)12-5-10(3)13(16(18)19)6-9(12)2/h1,5-6,11H,7-8H2,2-3H3. The lowest BCUT2D eigenvalue weighted by Crippen LogP contribution is -2.25. The molecule has 1 unspecified atom stereocenters. The fourth-order valence-corrected chi connectivity index (χ4v) is 2.33. The number of terminal acetylenes is 1. The van der Waals surface area contributed by atoms with Crippen LogP contribution >= 0.6 is 0 Å². The Labute approximate surface area is 111 Å². The molecule has 1 aliphatic heterocycles. The molecule has 0 aromatic heterocycles. The van der Waals surface area contributed by atoms with Gasteiger partial charge in [0.05, 0.1) is 4.92 Å². The van der Waals surface area contributed by atoms with Gasteiger partial charge in [0.1, 0.15) is 0 Å². The number of anilines is 1. The van der Waals surface area contributed by atoms with E-state index in [0.29, 0.717) is 29.8 Å². The highest BCUT2D eigenvalue weighted by atomic mass is 16.6. The van der Waals surface area contributed by atoms with Crippen LogP contribution in [0.4, 0.5) is 11.4 Å². The predicted octanol–water partition coefficient (Wildman–Crippen LogP) is 2.20. The van der Waals surface area contributed by atoms with Crippen LogP contribution in [0.1, 0.15) is 17.5 Å². The van der Waals surface area contributed by atoms with Crippen LogP contribution in [-0.2, 0) is 4.79 Å². The van der Waals surface area contributed by atoms with Gasteiger partial charge in [-0.15, -0.1) is 12.3 Å². The summed E-state index contributed by atoms with van der Waals surface area (Å²) in [5, 5.41) is 10.9. The summed E-state index contributed by atoms with van der Waals surface area (Å²) in [6.45, 7) is 3.91. The number of nitrogens with zero attached hydrogens (tertiary/aromatic N) is 2. The number of carbonyl (C=O) groups is 1. The largest absolute Gasteiger partial charge is 0.311 e. The minimum Gasteiger partial charge on any atom is -0.311 e. The summed E-state index contributed by atoms with van der Waals surface area (Å²) >= 11 is 0. The highest BCUT2D eigenvalue weighted by Gasteiger charge is 2.31. The van der Waals surface area contributed by atoms with Gasteiger partial charge in [0, 0.05) is 36.2 Å². The molecule has 5 nitrogen and oxygen atoms in total. The zero-order valence-corrected chi connectivity index (χ0v) is 10.8. The van der Waals surface area contributed by atoms with E-state index in [4.69, 9.17) is 6.42 Å². The van der Waals surface area contributed by atoms with Crippen LogP contribution in [0.5, 0.6) is 0 Å². The van der Waals surface area contributed by atoms with Crippen LogP contribution < -0.4 is 4.90 Å². The molecule has 19 heavy (non-hydrogen) atoms. The normalized spacial score (nSPS) is 18.5. The number of carbonyl (C=O) groups excluding carboxylic acids is 1. The first-order chi connectivity index (χ1) is 8.93. The van der Waals surface area contributed by atoms with Crippen molar-refractivity contribution in [2.75, 3.05) is 11.4 Å². The topological polar surface area (TPSA) is 63.5 Å². The maximum absolute atomic E-state index is 11.9. The predicted molar refractivity (Wildman–Crippen MR) is 71.9 cm³/mol. The molecule has 98 valence electrons. The quantitative estimate of drug-likeness (QED) is 0.464. The second-order valence-electron chi connectivity index (χ2n) is 4.75. The average molecular weight is 258 g/mol. The van der Waals surface area contributed by atoms with Crippen molar-refractivity contribution in [3.63, 3.8) is 0 Å². The lowest BCUT2D eigenvalue weighted by Gasteiger charge is -2.19. The Bertz CT molecular complexity index is 601. The molecule has 1 heterocycles. The van der Waals surface area contributed by atoms with E-state index >= 15 is 0 Å². The smallest absolute Gasteiger partial charge is 0.272 e. The third-order valence-corrected chi connectivity index (χ3v) is 3.36. The molecule has 1 fully saturated rings. The fourth-order valence-electron chi connectivity index (χ4n) is 2.33. The van der Waals surface area contributed by atoms with E-state index in [2.05, 4.69) is 5.92 Å². The zero-order chi connectivity index (χ0) is 14.2. The van der Waals surface area contributed by atoms with Gasteiger partial charge in [-0.3, -0.25) is 14.9 Å². The summed E-state index contributed by atoms with van der Waals surface area (Å²) in [4.78, 5) is 24.0. The van der Waals surface area contributed by atoms with E-state index in [0.717, 1.165) is 0 Å². The molecule has 0 radical (unpaired) electrons. The van der Waals surface area contributed by atoms with Crippen LogP contribution in [-0.4, -0.2) is 17.4 Å². The van der Waals surface area contributed by atoms with Crippen molar-refractivity contribution < 1.29 is 9.72 Å². The van der Waals surface area contributed by atoms with Crippen molar-refractivity contribution >= 4 is 17.3 Å². The van der Waals surface area contributed by atoms with Crippen LogP contribution in [0.2, 0.25) is 0 Å². The number of nitro groups is 1. The number of hydrogen-bond donors (Lipinski definition) is 0. The summed E-state index contributed by atoms with van der Waals surface area (Å²) in [6, 6.07) is 3.19. The highest BCUT2D eigenvalue weighted by molar-refractivity contribution is 5.97.